The summed E-state index contributed by atoms with van der Waals surface area (Å²) in [5, 5.41) is 11.2. The molecule has 0 spiro atoms. The number of hydrogen-bond acceptors (Lipinski definition) is 2. The van der Waals surface area contributed by atoms with E-state index in [9.17, 15) is 5.11 Å². The smallest absolute Gasteiger partial charge is 0.0922 e. The van der Waals surface area contributed by atoms with Crippen molar-refractivity contribution in [1.29, 1.82) is 0 Å². The van der Waals surface area contributed by atoms with Gasteiger partial charge in [0.15, 0.2) is 0 Å². The van der Waals surface area contributed by atoms with Gasteiger partial charge < -0.3 is 10.8 Å². The SMILES string of the molecule is CCCC(CN)C(C)(O)c1ccc(Br)cc1Cl. The molecule has 17 heavy (non-hydrogen) atoms. The Balaban J connectivity index is 3.10. The van der Waals surface area contributed by atoms with Crippen LogP contribution in [0.4, 0.5) is 0 Å². The van der Waals surface area contributed by atoms with Crippen molar-refractivity contribution in [2.75, 3.05) is 6.54 Å². The second-order valence-corrected chi connectivity index (χ2v) is 5.82. The van der Waals surface area contributed by atoms with Crippen molar-refractivity contribution in [2.45, 2.75) is 32.3 Å². The van der Waals surface area contributed by atoms with Crippen LogP contribution in [-0.2, 0) is 5.60 Å². The third-order valence-corrected chi connectivity index (χ3v) is 4.00. The van der Waals surface area contributed by atoms with Crippen LogP contribution in [0.5, 0.6) is 0 Å². The van der Waals surface area contributed by atoms with Gasteiger partial charge in [-0.15, -0.1) is 0 Å². The summed E-state index contributed by atoms with van der Waals surface area (Å²) < 4.78 is 0.904. The lowest BCUT2D eigenvalue weighted by Crippen LogP contribution is -2.37. The third kappa shape index (κ3) is 3.44. The molecule has 0 amide bonds. The summed E-state index contributed by atoms with van der Waals surface area (Å²) in [5.74, 6) is 0.0196. The zero-order valence-electron chi connectivity index (χ0n) is 10.2. The van der Waals surface area contributed by atoms with E-state index in [1.165, 1.54) is 0 Å². The number of aliphatic hydroxyl groups is 1. The number of nitrogens with two attached hydrogens (primary N) is 1. The van der Waals surface area contributed by atoms with Crippen molar-refractivity contribution in [2.24, 2.45) is 11.7 Å². The maximum Gasteiger partial charge on any atom is 0.0922 e. The minimum Gasteiger partial charge on any atom is -0.385 e. The van der Waals surface area contributed by atoms with Gasteiger partial charge in [0.05, 0.1) is 5.60 Å². The quantitative estimate of drug-likeness (QED) is 0.869. The van der Waals surface area contributed by atoms with Crippen LogP contribution in [0.3, 0.4) is 0 Å². The van der Waals surface area contributed by atoms with E-state index >= 15 is 0 Å². The lowest BCUT2D eigenvalue weighted by Gasteiger charge is -2.33. The number of hydrogen-bond donors (Lipinski definition) is 2. The Labute approximate surface area is 116 Å². The van der Waals surface area contributed by atoms with Crippen molar-refractivity contribution in [3.63, 3.8) is 0 Å². The van der Waals surface area contributed by atoms with Crippen molar-refractivity contribution in [3.8, 4) is 0 Å². The topological polar surface area (TPSA) is 46.2 Å². The van der Waals surface area contributed by atoms with Crippen LogP contribution >= 0.6 is 27.5 Å². The largest absolute Gasteiger partial charge is 0.385 e. The highest BCUT2D eigenvalue weighted by Crippen LogP contribution is 2.37. The summed E-state index contributed by atoms with van der Waals surface area (Å²) in [6, 6.07) is 5.53. The van der Waals surface area contributed by atoms with Crippen LogP contribution in [0, 0.1) is 5.92 Å². The van der Waals surface area contributed by atoms with Crippen LogP contribution in [0.25, 0.3) is 0 Å². The van der Waals surface area contributed by atoms with Gasteiger partial charge in [-0.3, -0.25) is 0 Å². The Morgan fingerprint density at radius 2 is 2.18 bits per heavy atom. The summed E-state index contributed by atoms with van der Waals surface area (Å²) in [5.41, 5.74) is 5.51. The molecule has 4 heteroatoms. The molecule has 2 atom stereocenters. The van der Waals surface area contributed by atoms with Crippen molar-refractivity contribution >= 4 is 27.5 Å². The van der Waals surface area contributed by atoms with E-state index in [-0.39, 0.29) is 5.92 Å². The van der Waals surface area contributed by atoms with E-state index in [4.69, 9.17) is 17.3 Å². The molecular formula is C13H19BrClNO. The zero-order chi connectivity index (χ0) is 13.1. The number of benzene rings is 1. The van der Waals surface area contributed by atoms with E-state index in [1.807, 2.05) is 12.1 Å². The van der Waals surface area contributed by atoms with E-state index in [0.29, 0.717) is 11.6 Å². The molecule has 96 valence electrons. The second-order valence-electron chi connectivity index (χ2n) is 4.49. The number of rotatable bonds is 5. The van der Waals surface area contributed by atoms with Crippen LogP contribution in [-0.4, -0.2) is 11.7 Å². The van der Waals surface area contributed by atoms with Crippen LogP contribution in [0.1, 0.15) is 32.3 Å². The van der Waals surface area contributed by atoms with Gasteiger partial charge in [0.1, 0.15) is 0 Å². The molecule has 0 radical (unpaired) electrons. The Hall–Kier alpha value is -0.0900. The van der Waals surface area contributed by atoms with E-state index in [1.54, 1.807) is 13.0 Å². The molecule has 0 aliphatic rings. The molecule has 0 aliphatic heterocycles. The summed E-state index contributed by atoms with van der Waals surface area (Å²) in [4.78, 5) is 0. The molecule has 0 fully saturated rings. The second kappa shape index (κ2) is 6.19. The summed E-state index contributed by atoms with van der Waals surface area (Å²) in [6.07, 6.45) is 1.88. The fourth-order valence-corrected chi connectivity index (χ4v) is 2.96. The monoisotopic (exact) mass is 319 g/mol. The fraction of sp³-hybridized carbons (Fsp3) is 0.538. The maximum atomic E-state index is 10.7. The minimum atomic E-state index is -0.984. The minimum absolute atomic E-state index is 0.0196. The fourth-order valence-electron chi connectivity index (χ4n) is 2.10. The molecule has 0 bridgehead atoms. The predicted molar refractivity (Wildman–Crippen MR) is 76.2 cm³/mol. The lowest BCUT2D eigenvalue weighted by molar-refractivity contribution is -0.00618. The van der Waals surface area contributed by atoms with E-state index < -0.39 is 5.60 Å². The van der Waals surface area contributed by atoms with Gasteiger partial charge in [-0.2, -0.15) is 0 Å². The van der Waals surface area contributed by atoms with Crippen molar-refractivity contribution in [1.82, 2.24) is 0 Å². The van der Waals surface area contributed by atoms with Crippen LogP contribution in [0.2, 0.25) is 5.02 Å². The first-order valence-corrected chi connectivity index (χ1v) is 6.98. The highest BCUT2D eigenvalue weighted by atomic mass is 79.9. The van der Waals surface area contributed by atoms with Gasteiger partial charge in [0, 0.05) is 21.0 Å². The van der Waals surface area contributed by atoms with Crippen LogP contribution in [0.15, 0.2) is 22.7 Å². The van der Waals surface area contributed by atoms with Gasteiger partial charge in [0.2, 0.25) is 0 Å². The highest BCUT2D eigenvalue weighted by molar-refractivity contribution is 9.10. The molecule has 2 unspecified atom stereocenters. The molecule has 0 heterocycles. The molecule has 0 aliphatic carbocycles. The normalized spacial score (nSPS) is 16.6. The summed E-state index contributed by atoms with van der Waals surface area (Å²) in [7, 11) is 0. The first kappa shape index (κ1) is 15.0. The lowest BCUT2D eigenvalue weighted by atomic mass is 9.80. The van der Waals surface area contributed by atoms with Crippen molar-refractivity contribution < 1.29 is 5.11 Å². The molecule has 1 aromatic carbocycles. The van der Waals surface area contributed by atoms with Crippen LogP contribution < -0.4 is 5.73 Å². The Morgan fingerprint density at radius 1 is 1.53 bits per heavy atom. The predicted octanol–water partition coefficient (Wildman–Crippen LogP) is 3.69. The first-order valence-electron chi connectivity index (χ1n) is 5.81. The van der Waals surface area contributed by atoms with Gasteiger partial charge in [-0.1, -0.05) is 46.9 Å². The highest BCUT2D eigenvalue weighted by Gasteiger charge is 2.33. The molecule has 1 rings (SSSR count). The average Bonchev–Trinajstić information content (AvgIpc) is 2.24. The molecule has 1 aromatic rings. The van der Waals surface area contributed by atoms with Crippen molar-refractivity contribution in [3.05, 3.63) is 33.3 Å². The first-order chi connectivity index (χ1) is 7.93. The molecule has 2 nitrogen and oxygen atoms in total. The molecule has 0 saturated carbocycles. The molecular weight excluding hydrogens is 302 g/mol. The van der Waals surface area contributed by atoms with Gasteiger partial charge >= 0.3 is 0 Å². The summed E-state index contributed by atoms with van der Waals surface area (Å²) in [6.45, 7) is 4.32. The van der Waals surface area contributed by atoms with Gasteiger partial charge in [-0.05, 0) is 32.0 Å². The third-order valence-electron chi connectivity index (χ3n) is 3.19. The van der Waals surface area contributed by atoms with E-state index in [2.05, 4.69) is 22.9 Å². The summed E-state index contributed by atoms with van der Waals surface area (Å²) >= 11 is 9.54. The number of halogens is 2. The Bertz CT molecular complexity index is 382. The zero-order valence-corrected chi connectivity index (χ0v) is 12.6. The molecule has 0 aromatic heterocycles. The average molecular weight is 321 g/mol. The maximum absolute atomic E-state index is 10.7. The Morgan fingerprint density at radius 3 is 2.65 bits per heavy atom. The van der Waals surface area contributed by atoms with Gasteiger partial charge in [-0.25, -0.2) is 0 Å². The standard InChI is InChI=1S/C13H19BrClNO/c1-3-4-9(8-16)13(2,17)11-6-5-10(14)7-12(11)15/h5-7,9,17H,3-4,8,16H2,1-2H3. The molecule has 0 saturated heterocycles. The van der Waals surface area contributed by atoms with E-state index in [0.717, 1.165) is 22.9 Å². The Kier molecular flexibility index (Phi) is 5.45. The molecule has 3 N–H and O–H groups in total. The van der Waals surface area contributed by atoms with Gasteiger partial charge in [0.25, 0.3) is 0 Å².